The van der Waals surface area contributed by atoms with Gasteiger partial charge in [-0.25, -0.2) is 23.9 Å². The van der Waals surface area contributed by atoms with Crippen molar-refractivity contribution in [2.24, 2.45) is 0 Å². The van der Waals surface area contributed by atoms with E-state index in [1.165, 1.54) is 18.5 Å². The molecule has 3 aromatic heterocycles. The summed E-state index contributed by atoms with van der Waals surface area (Å²) in [6.45, 7) is 2.54. The van der Waals surface area contributed by atoms with Crippen LogP contribution in [0.15, 0.2) is 43.2 Å². The topological polar surface area (TPSA) is 70.1 Å². The van der Waals surface area contributed by atoms with Crippen molar-refractivity contribution >= 4 is 5.65 Å². The van der Waals surface area contributed by atoms with Crippen molar-refractivity contribution in [1.29, 1.82) is 0 Å². The lowest BCUT2D eigenvalue weighted by Gasteiger charge is -2.13. The smallest absolute Gasteiger partial charge is 0.162 e. The number of aryl methyl sites for hydroxylation is 1. The first kappa shape index (κ1) is 16.2. The van der Waals surface area contributed by atoms with Crippen molar-refractivity contribution in [3.05, 3.63) is 60.3 Å². The molecule has 8 heteroatoms. The highest BCUT2D eigenvalue weighted by Crippen LogP contribution is 2.30. The number of hydrogen-bond acceptors (Lipinski definition) is 5. The van der Waals surface area contributed by atoms with Gasteiger partial charge in [0, 0.05) is 18.0 Å². The summed E-state index contributed by atoms with van der Waals surface area (Å²) in [5, 5.41) is 4.13. The van der Waals surface area contributed by atoms with Crippen molar-refractivity contribution in [3.63, 3.8) is 0 Å². The molecule has 0 unspecified atom stereocenters. The van der Waals surface area contributed by atoms with E-state index in [-0.39, 0.29) is 5.82 Å². The molecule has 3 heterocycles. The SMILES string of the molecule is CCc1c(Cn2ccnc2-c2cc(F)ccc2OC)ncn2ncnc12. The van der Waals surface area contributed by atoms with Crippen LogP contribution in [0.5, 0.6) is 5.75 Å². The fraction of sp³-hybridized carbons (Fsp3) is 0.222. The molecule has 0 N–H and O–H groups in total. The molecule has 4 rings (SSSR count). The second-order valence-electron chi connectivity index (χ2n) is 5.77. The molecule has 26 heavy (non-hydrogen) atoms. The first-order chi connectivity index (χ1) is 12.7. The van der Waals surface area contributed by atoms with Gasteiger partial charge >= 0.3 is 0 Å². The van der Waals surface area contributed by atoms with E-state index < -0.39 is 0 Å². The molecular weight excluding hydrogens is 335 g/mol. The van der Waals surface area contributed by atoms with Crippen molar-refractivity contribution in [3.8, 4) is 17.1 Å². The van der Waals surface area contributed by atoms with Gasteiger partial charge in [0.1, 0.15) is 30.0 Å². The summed E-state index contributed by atoms with van der Waals surface area (Å²) in [4.78, 5) is 13.2. The molecule has 0 fully saturated rings. The van der Waals surface area contributed by atoms with Crippen LogP contribution in [-0.4, -0.2) is 36.2 Å². The van der Waals surface area contributed by atoms with Gasteiger partial charge in [0.2, 0.25) is 0 Å². The Labute approximate surface area is 149 Å². The Bertz CT molecular complexity index is 1070. The third-order valence-corrected chi connectivity index (χ3v) is 4.31. The number of rotatable bonds is 5. The van der Waals surface area contributed by atoms with Crippen molar-refractivity contribution in [2.75, 3.05) is 7.11 Å². The lowest BCUT2D eigenvalue weighted by atomic mass is 10.1. The average Bonchev–Trinajstić information content (AvgIpc) is 3.30. The number of aromatic nitrogens is 6. The molecule has 7 nitrogen and oxygen atoms in total. The molecule has 0 saturated carbocycles. The fourth-order valence-corrected chi connectivity index (χ4v) is 3.08. The van der Waals surface area contributed by atoms with E-state index in [0.29, 0.717) is 23.7 Å². The number of hydrogen-bond donors (Lipinski definition) is 0. The molecule has 0 atom stereocenters. The number of methoxy groups -OCH3 is 1. The van der Waals surface area contributed by atoms with Gasteiger partial charge in [0.25, 0.3) is 0 Å². The van der Waals surface area contributed by atoms with E-state index in [9.17, 15) is 4.39 Å². The fourth-order valence-electron chi connectivity index (χ4n) is 3.08. The van der Waals surface area contributed by atoms with Crippen LogP contribution in [0.4, 0.5) is 4.39 Å². The summed E-state index contributed by atoms with van der Waals surface area (Å²) in [6.07, 6.45) is 7.46. The summed E-state index contributed by atoms with van der Waals surface area (Å²) in [5.41, 5.74) is 3.29. The highest BCUT2D eigenvalue weighted by atomic mass is 19.1. The number of benzene rings is 1. The van der Waals surface area contributed by atoms with Crippen LogP contribution in [0.3, 0.4) is 0 Å². The first-order valence-electron chi connectivity index (χ1n) is 8.22. The van der Waals surface area contributed by atoms with Crippen LogP contribution < -0.4 is 4.74 Å². The van der Waals surface area contributed by atoms with Gasteiger partial charge in [-0.2, -0.15) is 5.10 Å². The molecule has 132 valence electrons. The Kier molecular flexibility index (Phi) is 4.08. The number of ether oxygens (including phenoxy) is 1. The van der Waals surface area contributed by atoms with E-state index >= 15 is 0 Å². The Morgan fingerprint density at radius 1 is 1.19 bits per heavy atom. The second-order valence-corrected chi connectivity index (χ2v) is 5.77. The van der Waals surface area contributed by atoms with Crippen LogP contribution in [-0.2, 0) is 13.0 Å². The van der Waals surface area contributed by atoms with E-state index in [4.69, 9.17) is 4.74 Å². The number of fused-ring (bicyclic) bond motifs is 1. The number of imidazole rings is 1. The molecule has 0 amide bonds. The molecule has 0 aliphatic rings. The van der Waals surface area contributed by atoms with E-state index in [1.54, 1.807) is 30.2 Å². The summed E-state index contributed by atoms with van der Waals surface area (Å²) in [5.74, 6) is 0.842. The maximum atomic E-state index is 13.8. The summed E-state index contributed by atoms with van der Waals surface area (Å²) in [6, 6.07) is 4.39. The van der Waals surface area contributed by atoms with E-state index in [1.807, 2.05) is 10.8 Å². The van der Waals surface area contributed by atoms with Gasteiger partial charge in [0.15, 0.2) is 5.65 Å². The third-order valence-electron chi connectivity index (χ3n) is 4.31. The summed E-state index contributed by atoms with van der Waals surface area (Å²) >= 11 is 0. The van der Waals surface area contributed by atoms with Gasteiger partial charge in [-0.1, -0.05) is 6.92 Å². The van der Waals surface area contributed by atoms with Crippen LogP contribution in [0.2, 0.25) is 0 Å². The van der Waals surface area contributed by atoms with Crippen LogP contribution in [0.25, 0.3) is 17.0 Å². The minimum Gasteiger partial charge on any atom is -0.496 e. The summed E-state index contributed by atoms with van der Waals surface area (Å²) < 4.78 is 22.7. The lowest BCUT2D eigenvalue weighted by molar-refractivity contribution is 0.415. The standard InChI is InChI=1S/C18H17FN6O/c1-3-13-15(22-11-25-18(13)21-10-23-25)9-24-7-6-20-17(24)14-8-12(19)4-5-16(14)26-2/h4-8,10-11H,3,9H2,1-2H3. The molecule has 0 aliphatic heterocycles. The third kappa shape index (κ3) is 2.69. The number of nitrogens with zero attached hydrogens (tertiary/aromatic N) is 6. The van der Waals surface area contributed by atoms with Gasteiger partial charge in [0.05, 0.1) is 24.9 Å². The largest absolute Gasteiger partial charge is 0.496 e. The first-order valence-corrected chi connectivity index (χ1v) is 8.22. The predicted octanol–water partition coefficient (Wildman–Crippen LogP) is 2.75. The highest BCUT2D eigenvalue weighted by molar-refractivity contribution is 5.65. The molecule has 0 bridgehead atoms. The molecule has 0 aliphatic carbocycles. The van der Waals surface area contributed by atoms with E-state index in [2.05, 4.69) is 27.0 Å². The van der Waals surface area contributed by atoms with E-state index in [0.717, 1.165) is 23.3 Å². The lowest BCUT2D eigenvalue weighted by Crippen LogP contribution is -2.09. The van der Waals surface area contributed by atoms with Gasteiger partial charge < -0.3 is 9.30 Å². The quantitative estimate of drug-likeness (QED) is 0.552. The minimum atomic E-state index is -0.340. The van der Waals surface area contributed by atoms with Crippen molar-refractivity contribution in [1.82, 2.24) is 29.1 Å². The molecule has 1 aromatic carbocycles. The molecular formula is C18H17FN6O. The highest BCUT2D eigenvalue weighted by Gasteiger charge is 2.16. The Balaban J connectivity index is 1.78. The van der Waals surface area contributed by atoms with Crippen molar-refractivity contribution in [2.45, 2.75) is 19.9 Å². The maximum absolute atomic E-state index is 13.8. The predicted molar refractivity (Wildman–Crippen MR) is 93.4 cm³/mol. The molecule has 0 radical (unpaired) electrons. The van der Waals surface area contributed by atoms with Crippen molar-refractivity contribution < 1.29 is 9.13 Å². The van der Waals surface area contributed by atoms with Gasteiger partial charge in [-0.3, -0.25) is 0 Å². The molecule has 0 saturated heterocycles. The monoisotopic (exact) mass is 352 g/mol. The van der Waals surface area contributed by atoms with Crippen LogP contribution in [0, 0.1) is 5.82 Å². The van der Waals surface area contributed by atoms with Crippen LogP contribution >= 0.6 is 0 Å². The maximum Gasteiger partial charge on any atom is 0.162 e. The zero-order valence-electron chi connectivity index (χ0n) is 14.4. The number of halogens is 1. The average molecular weight is 352 g/mol. The normalized spacial score (nSPS) is 11.2. The Hall–Kier alpha value is -3.29. The minimum absolute atomic E-state index is 0.340. The molecule has 4 aromatic rings. The Morgan fingerprint density at radius 3 is 2.88 bits per heavy atom. The van der Waals surface area contributed by atoms with Gasteiger partial charge in [-0.15, -0.1) is 0 Å². The second kappa shape index (κ2) is 6.55. The Morgan fingerprint density at radius 2 is 2.08 bits per heavy atom. The summed E-state index contributed by atoms with van der Waals surface area (Å²) in [7, 11) is 1.56. The van der Waals surface area contributed by atoms with Gasteiger partial charge in [-0.05, 0) is 24.6 Å². The van der Waals surface area contributed by atoms with Crippen LogP contribution in [0.1, 0.15) is 18.2 Å². The molecule has 0 spiro atoms. The zero-order valence-corrected chi connectivity index (χ0v) is 14.4. The zero-order chi connectivity index (χ0) is 18.1.